The van der Waals surface area contributed by atoms with E-state index in [4.69, 9.17) is 4.74 Å². The van der Waals surface area contributed by atoms with Crippen LogP contribution in [-0.2, 0) is 0 Å². The van der Waals surface area contributed by atoms with Crippen LogP contribution >= 0.6 is 35.3 Å². The summed E-state index contributed by atoms with van der Waals surface area (Å²) >= 11 is 1.50. The van der Waals surface area contributed by atoms with Crippen molar-refractivity contribution < 1.29 is 9.53 Å². The van der Waals surface area contributed by atoms with E-state index in [2.05, 4.69) is 15.3 Å². The van der Waals surface area contributed by atoms with Crippen LogP contribution in [0.5, 0.6) is 5.75 Å². The molecule has 3 aromatic rings. The van der Waals surface area contributed by atoms with E-state index >= 15 is 0 Å². The third kappa shape index (κ3) is 3.41. The van der Waals surface area contributed by atoms with Gasteiger partial charge in [0.15, 0.2) is 10.9 Å². The lowest BCUT2D eigenvalue weighted by Gasteiger charge is -2.03. The monoisotopic (exact) mass is 429 g/mol. The number of carbonyl (C=O) groups is 1. The van der Waals surface area contributed by atoms with Gasteiger partial charge in [0.2, 0.25) is 0 Å². The predicted octanol–water partition coefficient (Wildman–Crippen LogP) is 3.85. The molecule has 2 heterocycles. The third-order valence-electron chi connectivity index (χ3n) is 3.21. The molecule has 2 N–H and O–H groups in total. The Labute approximate surface area is 149 Å². The number of aromatic nitrogens is 2. The molecule has 116 valence electrons. The number of nitrogens with zero attached hydrogens (tertiary/aromatic N) is 1. The van der Waals surface area contributed by atoms with E-state index in [-0.39, 0.29) is 36.3 Å². The van der Waals surface area contributed by atoms with Crippen LogP contribution in [-0.4, -0.2) is 29.4 Å². The Morgan fingerprint density at radius 2 is 2.27 bits per heavy atom. The van der Waals surface area contributed by atoms with Crippen molar-refractivity contribution in [3.8, 4) is 5.75 Å². The fourth-order valence-corrected chi connectivity index (χ4v) is 2.83. The second kappa shape index (κ2) is 7.10. The van der Waals surface area contributed by atoms with Gasteiger partial charge in [-0.3, -0.25) is 4.79 Å². The number of nitrogens with one attached hydrogen (secondary N) is 2. The van der Waals surface area contributed by atoms with Crippen molar-refractivity contribution in [1.82, 2.24) is 9.97 Å². The van der Waals surface area contributed by atoms with Crippen molar-refractivity contribution in [3.63, 3.8) is 0 Å². The van der Waals surface area contributed by atoms with Crippen molar-refractivity contribution >= 4 is 57.1 Å². The molecule has 0 amide bonds. The number of halogens is 1. The van der Waals surface area contributed by atoms with E-state index in [1.807, 2.05) is 30.5 Å². The number of carbonyl (C=O) groups excluding carboxylic acids is 1. The summed E-state index contributed by atoms with van der Waals surface area (Å²) in [5.41, 5.74) is 2.53. The maximum absolute atomic E-state index is 12.4. The standard InChI is InChI=1S/C15H15N3O2S.HI/c1-9-8-21-15(18-9)17-7-14(19)12-6-16-13-4-3-10(20-2)5-11(12)13;/h3-6,8,16H,7H2,1-2H3,(H,17,18);1H. The van der Waals surface area contributed by atoms with Gasteiger partial charge in [-0.2, -0.15) is 0 Å². The molecule has 5 nitrogen and oxygen atoms in total. The molecule has 2 aromatic heterocycles. The first-order valence-corrected chi connectivity index (χ1v) is 7.39. The number of rotatable bonds is 5. The van der Waals surface area contributed by atoms with Crippen LogP contribution in [0.15, 0.2) is 29.8 Å². The lowest BCUT2D eigenvalue weighted by atomic mass is 10.1. The molecule has 0 unspecified atom stereocenters. The van der Waals surface area contributed by atoms with Crippen LogP contribution in [0.2, 0.25) is 0 Å². The lowest BCUT2D eigenvalue weighted by molar-refractivity contribution is 0.101. The number of thiazole rings is 1. The lowest BCUT2D eigenvalue weighted by Crippen LogP contribution is -2.13. The van der Waals surface area contributed by atoms with Gasteiger partial charge in [0.25, 0.3) is 0 Å². The molecule has 0 aliphatic carbocycles. The molecule has 0 saturated heterocycles. The van der Waals surface area contributed by atoms with Crippen LogP contribution in [0.25, 0.3) is 10.9 Å². The van der Waals surface area contributed by atoms with Gasteiger partial charge >= 0.3 is 0 Å². The van der Waals surface area contributed by atoms with Crippen molar-refractivity contribution in [2.75, 3.05) is 19.0 Å². The van der Waals surface area contributed by atoms with Gasteiger partial charge in [0, 0.05) is 28.0 Å². The van der Waals surface area contributed by atoms with Gasteiger partial charge in [0.05, 0.1) is 19.3 Å². The Morgan fingerprint density at radius 3 is 2.95 bits per heavy atom. The van der Waals surface area contributed by atoms with E-state index in [9.17, 15) is 4.79 Å². The maximum atomic E-state index is 12.4. The zero-order chi connectivity index (χ0) is 14.8. The van der Waals surface area contributed by atoms with Gasteiger partial charge in [0.1, 0.15) is 5.75 Å². The maximum Gasteiger partial charge on any atom is 0.184 e. The average molecular weight is 429 g/mol. The normalized spacial score (nSPS) is 10.3. The highest BCUT2D eigenvalue weighted by Gasteiger charge is 2.13. The number of hydrogen-bond donors (Lipinski definition) is 2. The SMILES string of the molecule is COc1ccc2[nH]cc(C(=O)CNc3nc(C)cs3)c2c1.I. The quantitative estimate of drug-likeness (QED) is 0.478. The first-order valence-electron chi connectivity index (χ1n) is 6.51. The first-order chi connectivity index (χ1) is 10.2. The minimum absolute atomic E-state index is 0. The van der Waals surface area contributed by atoms with E-state index in [1.54, 1.807) is 13.3 Å². The molecule has 1 aromatic carbocycles. The summed E-state index contributed by atoms with van der Waals surface area (Å²) in [6.45, 7) is 2.15. The average Bonchev–Trinajstić information content (AvgIpc) is 3.10. The molecule has 0 aliphatic rings. The van der Waals surface area contributed by atoms with Crippen molar-refractivity contribution in [2.24, 2.45) is 0 Å². The third-order valence-corrected chi connectivity index (χ3v) is 4.13. The number of anilines is 1. The molecular weight excluding hydrogens is 413 g/mol. The van der Waals surface area contributed by atoms with Crippen LogP contribution < -0.4 is 10.1 Å². The topological polar surface area (TPSA) is 67.0 Å². The highest BCUT2D eigenvalue weighted by molar-refractivity contribution is 14.0. The molecule has 0 bridgehead atoms. The van der Waals surface area contributed by atoms with Crippen molar-refractivity contribution in [3.05, 3.63) is 41.0 Å². The van der Waals surface area contributed by atoms with E-state index < -0.39 is 0 Å². The Morgan fingerprint density at radius 1 is 1.45 bits per heavy atom. The van der Waals surface area contributed by atoms with Gasteiger partial charge < -0.3 is 15.0 Å². The second-order valence-corrected chi connectivity index (χ2v) is 5.54. The smallest absolute Gasteiger partial charge is 0.184 e. The number of ketones is 1. The number of ether oxygens (including phenoxy) is 1. The van der Waals surface area contributed by atoms with Gasteiger partial charge in [-0.05, 0) is 25.1 Å². The number of hydrogen-bond acceptors (Lipinski definition) is 5. The molecule has 7 heteroatoms. The predicted molar refractivity (Wildman–Crippen MR) is 99.9 cm³/mol. The second-order valence-electron chi connectivity index (χ2n) is 4.68. The fourth-order valence-electron chi connectivity index (χ4n) is 2.14. The van der Waals surface area contributed by atoms with Crippen LogP contribution in [0.4, 0.5) is 5.13 Å². The highest BCUT2D eigenvalue weighted by Crippen LogP contribution is 2.24. The summed E-state index contributed by atoms with van der Waals surface area (Å²) < 4.78 is 5.21. The van der Waals surface area contributed by atoms with Gasteiger partial charge in [-0.25, -0.2) is 4.98 Å². The minimum atomic E-state index is 0. The molecule has 0 spiro atoms. The Balaban J connectivity index is 0.00000176. The number of methoxy groups -OCH3 is 1. The molecule has 0 atom stereocenters. The van der Waals surface area contributed by atoms with E-state index in [0.29, 0.717) is 5.56 Å². The molecule has 3 rings (SSSR count). The Hall–Kier alpha value is -1.61. The number of aromatic amines is 1. The number of fused-ring (bicyclic) bond motifs is 1. The van der Waals surface area contributed by atoms with E-state index in [0.717, 1.165) is 27.5 Å². The summed E-state index contributed by atoms with van der Waals surface area (Å²) in [5, 5.41) is 6.64. The fraction of sp³-hybridized carbons (Fsp3) is 0.200. The van der Waals surface area contributed by atoms with Crippen molar-refractivity contribution in [1.29, 1.82) is 0 Å². The van der Waals surface area contributed by atoms with Crippen molar-refractivity contribution in [2.45, 2.75) is 6.92 Å². The van der Waals surface area contributed by atoms with E-state index in [1.165, 1.54) is 11.3 Å². The summed E-state index contributed by atoms with van der Waals surface area (Å²) in [4.78, 5) is 19.7. The van der Waals surface area contributed by atoms with Gasteiger partial charge in [-0.15, -0.1) is 35.3 Å². The molecular formula is C15H16IN3O2S. The molecule has 22 heavy (non-hydrogen) atoms. The summed E-state index contributed by atoms with van der Waals surface area (Å²) in [7, 11) is 1.61. The summed E-state index contributed by atoms with van der Waals surface area (Å²) in [6, 6.07) is 5.64. The zero-order valence-corrected chi connectivity index (χ0v) is 15.3. The first kappa shape index (κ1) is 16.8. The highest BCUT2D eigenvalue weighted by atomic mass is 127. The van der Waals surface area contributed by atoms with Crippen LogP contribution in [0, 0.1) is 6.92 Å². The van der Waals surface area contributed by atoms with Crippen LogP contribution in [0.3, 0.4) is 0 Å². The number of aryl methyl sites for hydroxylation is 1. The summed E-state index contributed by atoms with van der Waals surface area (Å²) in [5.74, 6) is 0.752. The molecule has 0 fully saturated rings. The largest absolute Gasteiger partial charge is 0.497 e. The summed E-state index contributed by atoms with van der Waals surface area (Å²) in [6.07, 6.45) is 1.74. The number of Topliss-reactive ketones (excluding diaryl/α,β-unsaturated/α-hetero) is 1. The van der Waals surface area contributed by atoms with Crippen LogP contribution in [0.1, 0.15) is 16.1 Å². The zero-order valence-electron chi connectivity index (χ0n) is 12.2. The molecule has 0 radical (unpaired) electrons. The molecule has 0 saturated carbocycles. The number of H-pyrrole nitrogens is 1. The van der Waals surface area contributed by atoms with Gasteiger partial charge in [-0.1, -0.05) is 0 Å². The minimum Gasteiger partial charge on any atom is -0.497 e. The molecule has 0 aliphatic heterocycles. The Bertz CT molecular complexity index is 797. The Kier molecular flexibility index (Phi) is 5.41. The number of benzene rings is 1.